The van der Waals surface area contributed by atoms with E-state index in [1.807, 2.05) is 61.5 Å². The zero-order valence-corrected chi connectivity index (χ0v) is 12.3. The van der Waals surface area contributed by atoms with Crippen molar-refractivity contribution in [2.24, 2.45) is 0 Å². The van der Waals surface area contributed by atoms with Crippen LogP contribution in [0.15, 0.2) is 54.6 Å². The molecule has 0 bridgehead atoms. The molecule has 2 aromatic carbocycles. The maximum absolute atomic E-state index is 12.0. The smallest absolute Gasteiger partial charge is 0.239 e. The van der Waals surface area contributed by atoms with Crippen LogP contribution in [-0.2, 0) is 4.79 Å². The summed E-state index contributed by atoms with van der Waals surface area (Å²) in [5.41, 5.74) is 1.89. The lowest BCUT2D eigenvalue weighted by molar-refractivity contribution is -0.120. The summed E-state index contributed by atoms with van der Waals surface area (Å²) in [6.45, 7) is 2.17. The summed E-state index contributed by atoms with van der Waals surface area (Å²) in [4.78, 5) is 12.0. The summed E-state index contributed by atoms with van der Waals surface area (Å²) < 4.78 is 5.23. The van der Waals surface area contributed by atoms with Crippen LogP contribution in [0.5, 0.6) is 5.75 Å². The Bertz CT molecular complexity index is 584. The Balaban J connectivity index is 1.88. The summed E-state index contributed by atoms with van der Waals surface area (Å²) in [5, 5.41) is 6.05. The first-order chi connectivity index (χ1) is 10.2. The van der Waals surface area contributed by atoms with Crippen LogP contribution in [0.1, 0.15) is 18.5 Å². The van der Waals surface area contributed by atoms with E-state index in [1.165, 1.54) is 0 Å². The number of nitrogens with one attached hydrogen (secondary N) is 2. The lowest BCUT2D eigenvalue weighted by atomic mass is 10.1. The second kappa shape index (κ2) is 7.33. The van der Waals surface area contributed by atoms with E-state index in [2.05, 4.69) is 10.6 Å². The monoisotopic (exact) mass is 284 g/mol. The van der Waals surface area contributed by atoms with Crippen LogP contribution in [0.2, 0.25) is 0 Å². The fourth-order valence-electron chi connectivity index (χ4n) is 2.08. The number of benzene rings is 2. The average molecular weight is 284 g/mol. The lowest BCUT2D eigenvalue weighted by Crippen LogP contribution is -2.32. The van der Waals surface area contributed by atoms with Gasteiger partial charge in [0.05, 0.1) is 25.4 Å². The molecule has 2 N–H and O–H groups in total. The Morgan fingerprint density at radius 2 is 1.76 bits per heavy atom. The largest absolute Gasteiger partial charge is 0.495 e. The SMILES string of the molecule is COc1ccccc1NCC(=O)NC(C)c1ccccc1. The molecule has 21 heavy (non-hydrogen) atoms. The minimum Gasteiger partial charge on any atom is -0.495 e. The summed E-state index contributed by atoms with van der Waals surface area (Å²) in [5.74, 6) is 0.665. The molecular formula is C17H20N2O2. The van der Waals surface area contributed by atoms with Crippen LogP contribution in [0.3, 0.4) is 0 Å². The predicted molar refractivity (Wildman–Crippen MR) is 84.5 cm³/mol. The fraction of sp³-hybridized carbons (Fsp3) is 0.235. The standard InChI is InChI=1S/C17H20N2O2/c1-13(14-8-4-3-5-9-14)19-17(20)12-18-15-10-6-7-11-16(15)21-2/h3-11,13,18H,12H2,1-2H3,(H,19,20). The number of carbonyl (C=O) groups excluding carboxylic acids is 1. The molecule has 0 saturated heterocycles. The number of hydrogen-bond donors (Lipinski definition) is 2. The zero-order chi connectivity index (χ0) is 15.1. The maximum Gasteiger partial charge on any atom is 0.239 e. The van der Waals surface area contributed by atoms with Gasteiger partial charge < -0.3 is 15.4 Å². The molecule has 0 aliphatic rings. The number of methoxy groups -OCH3 is 1. The van der Waals surface area contributed by atoms with Gasteiger partial charge >= 0.3 is 0 Å². The highest BCUT2D eigenvalue weighted by molar-refractivity contribution is 5.81. The highest BCUT2D eigenvalue weighted by Crippen LogP contribution is 2.22. The molecule has 1 unspecified atom stereocenters. The Labute approximate surface area is 125 Å². The van der Waals surface area contributed by atoms with E-state index in [1.54, 1.807) is 7.11 Å². The topological polar surface area (TPSA) is 50.4 Å². The van der Waals surface area contributed by atoms with Crippen LogP contribution in [0.25, 0.3) is 0 Å². The molecule has 0 radical (unpaired) electrons. The van der Waals surface area contributed by atoms with Gasteiger partial charge in [0, 0.05) is 0 Å². The van der Waals surface area contributed by atoms with E-state index in [0.29, 0.717) is 0 Å². The van der Waals surface area contributed by atoms with Crippen LogP contribution < -0.4 is 15.4 Å². The molecule has 0 aliphatic carbocycles. The number of rotatable bonds is 6. The number of carbonyl (C=O) groups is 1. The highest BCUT2D eigenvalue weighted by atomic mass is 16.5. The van der Waals surface area contributed by atoms with Crippen molar-refractivity contribution < 1.29 is 9.53 Å². The van der Waals surface area contributed by atoms with Crippen LogP contribution in [0.4, 0.5) is 5.69 Å². The third-order valence-electron chi connectivity index (χ3n) is 3.22. The Morgan fingerprint density at radius 1 is 1.10 bits per heavy atom. The summed E-state index contributed by atoms with van der Waals surface area (Å²) in [6, 6.07) is 17.4. The van der Waals surface area contributed by atoms with Crippen LogP contribution >= 0.6 is 0 Å². The fourth-order valence-corrected chi connectivity index (χ4v) is 2.08. The molecular weight excluding hydrogens is 264 g/mol. The minimum absolute atomic E-state index is 0.0156. The van der Waals surface area contributed by atoms with Crippen molar-refractivity contribution in [1.82, 2.24) is 5.32 Å². The average Bonchev–Trinajstić information content (AvgIpc) is 2.54. The molecule has 4 heteroatoms. The van der Waals surface area contributed by atoms with Gasteiger partial charge in [-0.3, -0.25) is 4.79 Å². The Hall–Kier alpha value is -2.49. The van der Waals surface area contributed by atoms with Gasteiger partial charge in [-0.1, -0.05) is 42.5 Å². The molecule has 2 aromatic rings. The van der Waals surface area contributed by atoms with Crippen molar-refractivity contribution in [3.63, 3.8) is 0 Å². The molecule has 1 amide bonds. The molecule has 4 nitrogen and oxygen atoms in total. The van der Waals surface area contributed by atoms with Gasteiger partial charge in [-0.05, 0) is 24.6 Å². The predicted octanol–water partition coefficient (Wildman–Crippen LogP) is 2.98. The van der Waals surface area contributed by atoms with Crippen molar-refractivity contribution >= 4 is 11.6 Å². The molecule has 1 atom stereocenters. The van der Waals surface area contributed by atoms with Crippen molar-refractivity contribution in [3.8, 4) is 5.75 Å². The maximum atomic E-state index is 12.0. The van der Waals surface area contributed by atoms with Gasteiger partial charge in [-0.2, -0.15) is 0 Å². The zero-order valence-electron chi connectivity index (χ0n) is 12.3. The van der Waals surface area contributed by atoms with E-state index in [9.17, 15) is 4.79 Å². The van der Waals surface area contributed by atoms with Crippen LogP contribution in [0, 0.1) is 0 Å². The van der Waals surface area contributed by atoms with Crippen molar-refractivity contribution in [2.75, 3.05) is 19.0 Å². The number of para-hydroxylation sites is 2. The quantitative estimate of drug-likeness (QED) is 0.857. The van der Waals surface area contributed by atoms with E-state index in [4.69, 9.17) is 4.74 Å². The molecule has 0 heterocycles. The van der Waals surface area contributed by atoms with Crippen molar-refractivity contribution in [3.05, 3.63) is 60.2 Å². The van der Waals surface area contributed by atoms with Gasteiger partial charge in [0.1, 0.15) is 5.75 Å². The van der Waals surface area contributed by atoms with Crippen LogP contribution in [-0.4, -0.2) is 19.6 Å². The second-order valence-electron chi connectivity index (χ2n) is 4.75. The third-order valence-corrected chi connectivity index (χ3v) is 3.22. The first kappa shape index (κ1) is 14.9. The summed E-state index contributed by atoms with van der Waals surface area (Å²) in [6.07, 6.45) is 0. The Kier molecular flexibility index (Phi) is 5.21. The first-order valence-corrected chi connectivity index (χ1v) is 6.92. The van der Waals surface area contributed by atoms with Gasteiger partial charge in [-0.15, -0.1) is 0 Å². The lowest BCUT2D eigenvalue weighted by Gasteiger charge is -2.15. The number of anilines is 1. The van der Waals surface area contributed by atoms with E-state index in [-0.39, 0.29) is 18.5 Å². The van der Waals surface area contributed by atoms with Gasteiger partial charge in [0.15, 0.2) is 0 Å². The molecule has 0 aromatic heterocycles. The highest BCUT2D eigenvalue weighted by Gasteiger charge is 2.09. The number of ether oxygens (including phenoxy) is 1. The molecule has 0 fully saturated rings. The van der Waals surface area contributed by atoms with Crippen molar-refractivity contribution in [1.29, 1.82) is 0 Å². The molecule has 0 spiro atoms. The van der Waals surface area contributed by atoms with E-state index in [0.717, 1.165) is 17.0 Å². The molecule has 2 rings (SSSR count). The van der Waals surface area contributed by atoms with Gasteiger partial charge in [0.2, 0.25) is 5.91 Å². The van der Waals surface area contributed by atoms with Crippen molar-refractivity contribution in [2.45, 2.75) is 13.0 Å². The molecule has 0 aliphatic heterocycles. The van der Waals surface area contributed by atoms with E-state index >= 15 is 0 Å². The molecule has 110 valence electrons. The Morgan fingerprint density at radius 3 is 2.48 bits per heavy atom. The second-order valence-corrected chi connectivity index (χ2v) is 4.75. The first-order valence-electron chi connectivity index (χ1n) is 6.92. The van der Waals surface area contributed by atoms with Gasteiger partial charge in [-0.25, -0.2) is 0 Å². The van der Waals surface area contributed by atoms with E-state index < -0.39 is 0 Å². The van der Waals surface area contributed by atoms with Gasteiger partial charge in [0.25, 0.3) is 0 Å². The number of hydrogen-bond acceptors (Lipinski definition) is 3. The normalized spacial score (nSPS) is 11.5. The third kappa shape index (κ3) is 4.24. The number of amides is 1. The molecule has 0 saturated carbocycles. The minimum atomic E-state index is -0.0581. The summed E-state index contributed by atoms with van der Waals surface area (Å²) in [7, 11) is 1.61. The summed E-state index contributed by atoms with van der Waals surface area (Å²) >= 11 is 0.